The summed E-state index contributed by atoms with van der Waals surface area (Å²) in [5, 5.41) is 11.4. The molecule has 37 heavy (non-hydrogen) atoms. The Hall–Kier alpha value is -4.79. The average molecular weight is 501 g/mol. The molecule has 1 amide bonds. The number of Topliss-reactive ketones (excluding diaryl/α,β-unsaturated/α-hetero) is 1. The van der Waals surface area contributed by atoms with Crippen LogP contribution < -0.4 is 23.8 Å². The molecule has 188 valence electrons. The molecule has 1 saturated heterocycles. The van der Waals surface area contributed by atoms with E-state index in [0.717, 1.165) is 0 Å². The fraction of sp³-hybridized carbons (Fsp3) is 0.179. The van der Waals surface area contributed by atoms with Crippen molar-refractivity contribution in [2.75, 3.05) is 25.2 Å². The predicted molar refractivity (Wildman–Crippen MR) is 133 cm³/mol. The number of aliphatic hydroxyl groups excluding tert-OH is 1. The molecule has 1 unspecified atom stereocenters. The number of anilines is 1. The minimum Gasteiger partial charge on any atom is -0.507 e. The molecule has 1 fully saturated rings. The highest BCUT2D eigenvalue weighted by Crippen LogP contribution is 2.44. The number of methoxy groups -OCH3 is 1. The SMILES string of the molecule is COc1cccc(N2C(=O)C(=O)/C(=C(\O)c3ccc4c(c3)OCCO4)C2c2ccc(OC(C)=O)cc2)c1. The average Bonchev–Trinajstić information content (AvgIpc) is 3.18. The summed E-state index contributed by atoms with van der Waals surface area (Å²) in [5.41, 5.74) is 1.15. The van der Waals surface area contributed by atoms with Crippen LogP contribution in [0.3, 0.4) is 0 Å². The molecule has 5 rings (SSSR count). The normalized spacial score (nSPS) is 18.0. The van der Waals surface area contributed by atoms with E-state index < -0.39 is 23.7 Å². The number of amides is 1. The van der Waals surface area contributed by atoms with Gasteiger partial charge in [-0.15, -0.1) is 0 Å². The molecule has 0 aliphatic carbocycles. The van der Waals surface area contributed by atoms with Gasteiger partial charge in [0.1, 0.15) is 30.5 Å². The number of ketones is 1. The highest BCUT2D eigenvalue weighted by molar-refractivity contribution is 6.51. The quantitative estimate of drug-likeness (QED) is 0.184. The number of benzene rings is 3. The van der Waals surface area contributed by atoms with Crippen LogP contribution >= 0.6 is 0 Å². The Morgan fingerprint density at radius 3 is 2.38 bits per heavy atom. The Morgan fingerprint density at radius 1 is 0.946 bits per heavy atom. The van der Waals surface area contributed by atoms with Crippen LogP contribution in [0.1, 0.15) is 24.1 Å². The number of hydrogen-bond acceptors (Lipinski definition) is 8. The minimum atomic E-state index is -0.966. The Labute approximate surface area is 212 Å². The van der Waals surface area contributed by atoms with E-state index in [2.05, 4.69) is 0 Å². The van der Waals surface area contributed by atoms with Crippen LogP contribution in [0.5, 0.6) is 23.0 Å². The Balaban J connectivity index is 1.66. The lowest BCUT2D eigenvalue weighted by atomic mass is 9.95. The van der Waals surface area contributed by atoms with E-state index in [9.17, 15) is 19.5 Å². The third-order valence-electron chi connectivity index (χ3n) is 6.05. The van der Waals surface area contributed by atoms with Crippen molar-refractivity contribution >= 4 is 29.1 Å². The second-order valence-corrected chi connectivity index (χ2v) is 8.39. The van der Waals surface area contributed by atoms with Crippen molar-refractivity contribution in [1.29, 1.82) is 0 Å². The highest BCUT2D eigenvalue weighted by Gasteiger charge is 2.47. The number of esters is 1. The number of carbonyl (C=O) groups is 3. The monoisotopic (exact) mass is 501 g/mol. The molecule has 0 bridgehead atoms. The molecule has 2 heterocycles. The second kappa shape index (κ2) is 9.69. The van der Waals surface area contributed by atoms with E-state index >= 15 is 0 Å². The molecule has 0 saturated carbocycles. The van der Waals surface area contributed by atoms with Crippen molar-refractivity contribution in [3.8, 4) is 23.0 Å². The van der Waals surface area contributed by atoms with E-state index in [4.69, 9.17) is 18.9 Å². The first-order valence-electron chi connectivity index (χ1n) is 11.5. The summed E-state index contributed by atoms with van der Waals surface area (Å²) in [6, 6.07) is 17.0. The summed E-state index contributed by atoms with van der Waals surface area (Å²) >= 11 is 0. The van der Waals surface area contributed by atoms with Crippen LogP contribution in [0.15, 0.2) is 72.3 Å². The van der Waals surface area contributed by atoms with E-state index in [1.807, 2.05) is 0 Å². The van der Waals surface area contributed by atoms with Crippen molar-refractivity contribution in [1.82, 2.24) is 0 Å². The molecular formula is C28H23NO8. The predicted octanol–water partition coefficient (Wildman–Crippen LogP) is 4.02. The van der Waals surface area contributed by atoms with Crippen LogP contribution in [0.2, 0.25) is 0 Å². The second-order valence-electron chi connectivity index (χ2n) is 8.39. The third-order valence-corrected chi connectivity index (χ3v) is 6.05. The van der Waals surface area contributed by atoms with Gasteiger partial charge in [-0.05, 0) is 48.0 Å². The summed E-state index contributed by atoms with van der Waals surface area (Å²) in [6.07, 6.45) is 0. The smallest absolute Gasteiger partial charge is 0.308 e. The van der Waals surface area contributed by atoms with E-state index in [1.54, 1.807) is 66.7 Å². The number of aliphatic hydroxyl groups is 1. The Bertz CT molecular complexity index is 1430. The van der Waals surface area contributed by atoms with Crippen LogP contribution in [0, 0.1) is 0 Å². The maximum absolute atomic E-state index is 13.4. The highest BCUT2D eigenvalue weighted by atomic mass is 16.6. The van der Waals surface area contributed by atoms with Gasteiger partial charge in [0.25, 0.3) is 11.7 Å². The van der Waals surface area contributed by atoms with Crippen molar-refractivity contribution in [2.45, 2.75) is 13.0 Å². The number of ether oxygens (including phenoxy) is 4. The van der Waals surface area contributed by atoms with Gasteiger partial charge in [-0.1, -0.05) is 18.2 Å². The maximum atomic E-state index is 13.4. The summed E-state index contributed by atoms with van der Waals surface area (Å²) < 4.78 is 21.6. The zero-order chi connectivity index (χ0) is 26.1. The van der Waals surface area contributed by atoms with E-state index in [0.29, 0.717) is 53.0 Å². The molecule has 3 aromatic carbocycles. The molecule has 9 nitrogen and oxygen atoms in total. The van der Waals surface area contributed by atoms with Gasteiger partial charge in [-0.2, -0.15) is 0 Å². The summed E-state index contributed by atoms with van der Waals surface area (Å²) in [6.45, 7) is 2.05. The Morgan fingerprint density at radius 2 is 1.68 bits per heavy atom. The molecule has 1 N–H and O–H groups in total. The maximum Gasteiger partial charge on any atom is 0.308 e. The van der Waals surface area contributed by atoms with Gasteiger partial charge in [-0.3, -0.25) is 19.3 Å². The van der Waals surface area contributed by atoms with Gasteiger partial charge in [0, 0.05) is 24.2 Å². The number of fused-ring (bicyclic) bond motifs is 1. The lowest BCUT2D eigenvalue weighted by molar-refractivity contribution is -0.132. The molecule has 3 aromatic rings. The van der Waals surface area contributed by atoms with Crippen LogP contribution in [0.25, 0.3) is 5.76 Å². The molecule has 1 atom stereocenters. The van der Waals surface area contributed by atoms with Crippen LogP contribution in [-0.4, -0.2) is 43.1 Å². The molecule has 0 aromatic heterocycles. The zero-order valence-corrected chi connectivity index (χ0v) is 20.1. The molecule has 2 aliphatic heterocycles. The summed E-state index contributed by atoms with van der Waals surface area (Å²) in [7, 11) is 1.50. The standard InChI is InChI=1S/C28H23NO8/c1-16(30)37-20-9-6-17(7-10-20)25-24(26(31)18-8-11-22-23(14-18)36-13-12-35-22)27(32)28(33)29(25)19-4-3-5-21(15-19)34-2/h3-11,14-15,25,31H,12-13H2,1-2H3/b26-24-. The number of hydrogen-bond donors (Lipinski definition) is 1. The van der Waals surface area contributed by atoms with Gasteiger partial charge >= 0.3 is 5.97 Å². The van der Waals surface area contributed by atoms with Gasteiger partial charge in [0.2, 0.25) is 0 Å². The molecule has 0 radical (unpaired) electrons. The summed E-state index contributed by atoms with van der Waals surface area (Å²) in [4.78, 5) is 39.4. The van der Waals surface area contributed by atoms with Gasteiger partial charge in [0.15, 0.2) is 11.5 Å². The number of carbonyl (C=O) groups excluding carboxylic acids is 3. The fourth-order valence-corrected chi connectivity index (χ4v) is 4.40. The van der Waals surface area contributed by atoms with Gasteiger partial charge in [0.05, 0.1) is 18.7 Å². The van der Waals surface area contributed by atoms with Crippen LogP contribution in [0.4, 0.5) is 5.69 Å². The number of nitrogens with zero attached hydrogens (tertiary/aromatic N) is 1. The van der Waals surface area contributed by atoms with E-state index in [1.165, 1.54) is 18.9 Å². The zero-order valence-electron chi connectivity index (χ0n) is 20.1. The minimum absolute atomic E-state index is 0.0928. The lowest BCUT2D eigenvalue weighted by Gasteiger charge is -2.26. The van der Waals surface area contributed by atoms with Crippen molar-refractivity contribution in [3.63, 3.8) is 0 Å². The van der Waals surface area contributed by atoms with Gasteiger partial charge < -0.3 is 24.1 Å². The first kappa shape index (κ1) is 23.9. The third kappa shape index (κ3) is 4.47. The number of rotatable bonds is 5. The van der Waals surface area contributed by atoms with Crippen molar-refractivity contribution in [2.24, 2.45) is 0 Å². The summed E-state index contributed by atoms with van der Waals surface area (Å²) in [5.74, 6) is -0.720. The van der Waals surface area contributed by atoms with Crippen molar-refractivity contribution < 1.29 is 38.4 Å². The van der Waals surface area contributed by atoms with Crippen molar-refractivity contribution in [3.05, 3.63) is 83.4 Å². The largest absolute Gasteiger partial charge is 0.507 e. The topological polar surface area (TPSA) is 112 Å². The lowest BCUT2D eigenvalue weighted by Crippen LogP contribution is -2.29. The Kier molecular flexibility index (Phi) is 6.27. The van der Waals surface area contributed by atoms with E-state index in [-0.39, 0.29) is 11.3 Å². The molecule has 2 aliphatic rings. The molecule has 0 spiro atoms. The van der Waals surface area contributed by atoms with Crippen LogP contribution in [-0.2, 0) is 14.4 Å². The van der Waals surface area contributed by atoms with Gasteiger partial charge in [-0.25, -0.2) is 0 Å². The molecule has 9 heteroatoms. The first-order valence-corrected chi connectivity index (χ1v) is 11.5. The molecular weight excluding hydrogens is 478 g/mol. The first-order chi connectivity index (χ1) is 17.9. The fourth-order valence-electron chi connectivity index (χ4n) is 4.40.